The van der Waals surface area contributed by atoms with E-state index in [1.54, 1.807) is 0 Å². The Bertz CT molecular complexity index is 832. The average molecular weight is 330 g/mol. The van der Waals surface area contributed by atoms with Gasteiger partial charge in [0.25, 0.3) is 0 Å². The van der Waals surface area contributed by atoms with Gasteiger partial charge in [-0.2, -0.15) is 0 Å². The molecular weight excluding hydrogens is 308 g/mol. The van der Waals surface area contributed by atoms with Crippen molar-refractivity contribution in [3.05, 3.63) is 108 Å². The minimum absolute atomic E-state index is 0.165. The number of rotatable bonds is 3. The molecule has 1 aliphatic carbocycles. The zero-order chi connectivity index (χ0) is 17.3. The molecular formula is C23H22O2. The molecule has 0 saturated heterocycles. The summed E-state index contributed by atoms with van der Waals surface area (Å²) < 4.78 is 0. The lowest BCUT2D eigenvalue weighted by Crippen LogP contribution is -2.48. The smallest absolute Gasteiger partial charge is 0.129 e. The maximum atomic E-state index is 12.0. The standard InChI is InChI=1S/C23H22O2/c24-22(19-12-6-2-7-13-19)17-16-21(18-10-4-1-5-11-18)23(22,25)20-14-8-3-9-15-20/h1-15,21,24-25H,16-17H2/t21-,22-,23+/m0/s1. The predicted octanol–water partition coefficient (Wildman–Crippen LogP) is 4.34. The summed E-state index contributed by atoms with van der Waals surface area (Å²) in [4.78, 5) is 0. The Morgan fingerprint density at radius 1 is 0.640 bits per heavy atom. The summed E-state index contributed by atoms with van der Waals surface area (Å²) in [7, 11) is 0. The van der Waals surface area contributed by atoms with Gasteiger partial charge in [-0.1, -0.05) is 91.0 Å². The van der Waals surface area contributed by atoms with Crippen molar-refractivity contribution in [1.29, 1.82) is 0 Å². The van der Waals surface area contributed by atoms with Gasteiger partial charge >= 0.3 is 0 Å². The van der Waals surface area contributed by atoms with Gasteiger partial charge < -0.3 is 10.2 Å². The molecule has 1 saturated carbocycles. The Hall–Kier alpha value is -2.42. The zero-order valence-corrected chi connectivity index (χ0v) is 14.0. The van der Waals surface area contributed by atoms with Crippen LogP contribution in [-0.4, -0.2) is 10.2 Å². The average Bonchev–Trinajstić information content (AvgIpc) is 2.97. The second-order valence-corrected chi connectivity index (χ2v) is 6.86. The van der Waals surface area contributed by atoms with Crippen LogP contribution in [0.25, 0.3) is 0 Å². The first-order valence-corrected chi connectivity index (χ1v) is 8.77. The predicted molar refractivity (Wildman–Crippen MR) is 99.1 cm³/mol. The van der Waals surface area contributed by atoms with E-state index in [0.29, 0.717) is 6.42 Å². The van der Waals surface area contributed by atoms with Gasteiger partial charge in [-0.3, -0.25) is 0 Å². The fraction of sp³-hybridized carbons (Fsp3) is 0.217. The van der Waals surface area contributed by atoms with E-state index in [9.17, 15) is 10.2 Å². The number of aliphatic hydroxyl groups is 2. The van der Waals surface area contributed by atoms with Crippen LogP contribution >= 0.6 is 0 Å². The SMILES string of the molecule is O[C@]1(c2ccccc2)[C@H](c2ccccc2)CC[C@]1(O)c1ccccc1. The molecule has 0 bridgehead atoms. The molecule has 3 aromatic rings. The number of benzene rings is 3. The Balaban J connectivity index is 1.92. The third kappa shape index (κ3) is 2.41. The molecule has 1 aliphatic rings. The van der Waals surface area contributed by atoms with E-state index < -0.39 is 11.2 Å². The lowest BCUT2D eigenvalue weighted by Gasteiger charge is -2.42. The van der Waals surface area contributed by atoms with Crippen molar-refractivity contribution in [3.8, 4) is 0 Å². The molecule has 0 unspecified atom stereocenters. The van der Waals surface area contributed by atoms with Crippen molar-refractivity contribution in [2.45, 2.75) is 30.0 Å². The second-order valence-electron chi connectivity index (χ2n) is 6.86. The summed E-state index contributed by atoms with van der Waals surface area (Å²) >= 11 is 0. The van der Waals surface area contributed by atoms with Crippen LogP contribution in [0.15, 0.2) is 91.0 Å². The molecule has 0 heterocycles. The summed E-state index contributed by atoms with van der Waals surface area (Å²) in [6, 6.07) is 29.2. The van der Waals surface area contributed by atoms with Gasteiger partial charge in [0.15, 0.2) is 0 Å². The highest BCUT2D eigenvalue weighted by atomic mass is 16.4. The number of hydrogen-bond acceptors (Lipinski definition) is 2. The van der Waals surface area contributed by atoms with Gasteiger partial charge in [0.1, 0.15) is 11.2 Å². The highest BCUT2D eigenvalue weighted by molar-refractivity contribution is 5.41. The molecule has 2 N–H and O–H groups in total. The highest BCUT2D eigenvalue weighted by Gasteiger charge is 2.60. The number of hydrogen-bond donors (Lipinski definition) is 2. The quantitative estimate of drug-likeness (QED) is 0.750. The summed E-state index contributed by atoms with van der Waals surface area (Å²) in [5, 5.41) is 23.7. The van der Waals surface area contributed by atoms with Crippen LogP contribution in [0.2, 0.25) is 0 Å². The Kier molecular flexibility index (Phi) is 3.95. The zero-order valence-electron chi connectivity index (χ0n) is 14.0. The fourth-order valence-electron chi connectivity index (χ4n) is 4.34. The maximum Gasteiger partial charge on any atom is 0.129 e. The first kappa shape index (κ1) is 16.1. The van der Waals surface area contributed by atoms with Gasteiger partial charge in [-0.25, -0.2) is 0 Å². The van der Waals surface area contributed by atoms with E-state index in [2.05, 4.69) is 0 Å². The van der Waals surface area contributed by atoms with Crippen LogP contribution in [0.4, 0.5) is 0 Å². The van der Waals surface area contributed by atoms with E-state index in [0.717, 1.165) is 23.1 Å². The minimum Gasteiger partial charge on any atom is -0.382 e. The molecule has 0 aliphatic heterocycles. The van der Waals surface area contributed by atoms with Crippen LogP contribution in [0.1, 0.15) is 35.4 Å². The Morgan fingerprint density at radius 3 is 1.68 bits per heavy atom. The van der Waals surface area contributed by atoms with E-state index in [1.165, 1.54) is 0 Å². The summed E-state index contributed by atoms with van der Waals surface area (Å²) in [6.07, 6.45) is 1.24. The largest absolute Gasteiger partial charge is 0.382 e. The lowest BCUT2D eigenvalue weighted by molar-refractivity contribution is -0.151. The Labute approximate surface area is 148 Å². The van der Waals surface area contributed by atoms with Crippen molar-refractivity contribution in [2.75, 3.05) is 0 Å². The molecule has 2 nitrogen and oxygen atoms in total. The summed E-state index contributed by atoms with van der Waals surface area (Å²) in [6.45, 7) is 0. The van der Waals surface area contributed by atoms with Gasteiger partial charge in [0.2, 0.25) is 0 Å². The first-order chi connectivity index (χ1) is 12.2. The topological polar surface area (TPSA) is 40.5 Å². The molecule has 3 aromatic carbocycles. The van der Waals surface area contributed by atoms with Gasteiger partial charge in [0.05, 0.1) is 0 Å². The molecule has 0 amide bonds. The molecule has 4 rings (SSSR count). The molecule has 126 valence electrons. The molecule has 2 heteroatoms. The first-order valence-electron chi connectivity index (χ1n) is 8.77. The van der Waals surface area contributed by atoms with Crippen molar-refractivity contribution in [3.63, 3.8) is 0 Å². The van der Waals surface area contributed by atoms with E-state index in [1.807, 2.05) is 91.0 Å². The molecule has 1 fully saturated rings. The van der Waals surface area contributed by atoms with E-state index in [4.69, 9.17) is 0 Å². The molecule has 0 spiro atoms. The lowest BCUT2D eigenvalue weighted by atomic mass is 9.70. The summed E-state index contributed by atoms with van der Waals surface area (Å²) in [5.74, 6) is -0.165. The molecule has 3 atom stereocenters. The normalized spacial score (nSPS) is 28.8. The van der Waals surface area contributed by atoms with Gasteiger partial charge in [0, 0.05) is 5.92 Å². The Morgan fingerprint density at radius 2 is 1.12 bits per heavy atom. The third-order valence-corrected chi connectivity index (χ3v) is 5.60. The van der Waals surface area contributed by atoms with Gasteiger partial charge in [-0.05, 0) is 29.5 Å². The van der Waals surface area contributed by atoms with Crippen LogP contribution < -0.4 is 0 Å². The monoisotopic (exact) mass is 330 g/mol. The van der Waals surface area contributed by atoms with Crippen LogP contribution in [0.5, 0.6) is 0 Å². The van der Waals surface area contributed by atoms with E-state index >= 15 is 0 Å². The second kappa shape index (κ2) is 6.14. The van der Waals surface area contributed by atoms with Crippen molar-refractivity contribution >= 4 is 0 Å². The van der Waals surface area contributed by atoms with Gasteiger partial charge in [-0.15, -0.1) is 0 Å². The van der Waals surface area contributed by atoms with E-state index in [-0.39, 0.29) is 5.92 Å². The summed E-state index contributed by atoms with van der Waals surface area (Å²) in [5.41, 5.74) is -0.124. The fourth-order valence-corrected chi connectivity index (χ4v) is 4.34. The molecule has 25 heavy (non-hydrogen) atoms. The molecule has 0 aromatic heterocycles. The minimum atomic E-state index is -1.38. The van der Waals surface area contributed by atoms with Crippen LogP contribution in [0.3, 0.4) is 0 Å². The van der Waals surface area contributed by atoms with Crippen LogP contribution in [-0.2, 0) is 11.2 Å². The van der Waals surface area contributed by atoms with Crippen LogP contribution in [0, 0.1) is 0 Å². The highest BCUT2D eigenvalue weighted by Crippen LogP contribution is 2.59. The molecule has 0 radical (unpaired) electrons. The van der Waals surface area contributed by atoms with Crippen molar-refractivity contribution in [1.82, 2.24) is 0 Å². The maximum absolute atomic E-state index is 12.0. The van der Waals surface area contributed by atoms with Crippen molar-refractivity contribution in [2.24, 2.45) is 0 Å². The van der Waals surface area contributed by atoms with Crippen molar-refractivity contribution < 1.29 is 10.2 Å². The third-order valence-electron chi connectivity index (χ3n) is 5.60.